The third-order valence-corrected chi connectivity index (χ3v) is 6.37. The van der Waals surface area contributed by atoms with Crippen LogP contribution in [0.25, 0.3) is 0 Å². The average molecular weight is 395 g/mol. The van der Waals surface area contributed by atoms with Crippen LogP contribution in [-0.4, -0.2) is 27.2 Å². The monoisotopic (exact) mass is 395 g/mol. The molecule has 0 aromatic heterocycles. The van der Waals surface area contributed by atoms with E-state index in [1.807, 2.05) is 0 Å². The zero-order valence-corrected chi connectivity index (χ0v) is 14.2. The summed E-state index contributed by atoms with van der Waals surface area (Å²) in [7, 11) is -4.37. The van der Waals surface area contributed by atoms with Gasteiger partial charge in [0, 0.05) is 12.3 Å². The second-order valence-electron chi connectivity index (χ2n) is 5.51. The van der Waals surface area contributed by atoms with Gasteiger partial charge in [0.1, 0.15) is 5.82 Å². The molecule has 0 radical (unpaired) electrons. The topological polar surface area (TPSA) is 96.2 Å². The number of nitroso groups, excluding NO2 is 1. The largest absolute Gasteiger partial charge is 0.503 e. The van der Waals surface area contributed by atoms with Crippen LogP contribution < -0.4 is 4.74 Å². The standard InChI is InChI=1S/C15H13F4NO5S/c1-25-12-7-9(6-11(20-22)14(12)21)26(2,23,24)13-5-8(15(17,18)19)3-4-10(13)16/h3-7,21H,1-2H3,(H,23,24). The van der Waals surface area contributed by atoms with Crippen molar-refractivity contribution in [3.05, 3.63) is 46.6 Å². The molecule has 0 amide bonds. The highest BCUT2D eigenvalue weighted by Crippen LogP contribution is 2.47. The van der Waals surface area contributed by atoms with Gasteiger partial charge in [0.05, 0.1) is 22.5 Å². The van der Waals surface area contributed by atoms with E-state index in [1.54, 1.807) is 0 Å². The van der Waals surface area contributed by atoms with Crippen LogP contribution in [0.1, 0.15) is 5.56 Å². The van der Waals surface area contributed by atoms with E-state index >= 15 is 0 Å². The molecular formula is C15H13F4NO5S. The van der Waals surface area contributed by atoms with Gasteiger partial charge in [0.2, 0.25) is 0 Å². The Morgan fingerprint density at radius 2 is 1.81 bits per heavy atom. The van der Waals surface area contributed by atoms with E-state index < -0.39 is 53.9 Å². The Kier molecular flexibility index (Phi) is 4.58. The highest BCUT2D eigenvalue weighted by atomic mass is 32.3. The van der Waals surface area contributed by atoms with Crippen LogP contribution in [0.2, 0.25) is 0 Å². The highest BCUT2D eigenvalue weighted by molar-refractivity contribution is 8.14. The molecule has 2 aromatic rings. The number of hydrogen-bond donors (Lipinski definition) is 2. The maximum atomic E-state index is 14.2. The van der Waals surface area contributed by atoms with Crippen molar-refractivity contribution in [2.45, 2.75) is 16.0 Å². The quantitative estimate of drug-likeness (QED) is 0.595. The summed E-state index contributed by atoms with van der Waals surface area (Å²) < 4.78 is 81.5. The number of benzene rings is 2. The van der Waals surface area contributed by atoms with Gasteiger partial charge in [-0.25, -0.2) is 4.39 Å². The van der Waals surface area contributed by atoms with E-state index in [9.17, 15) is 36.3 Å². The van der Waals surface area contributed by atoms with Gasteiger partial charge in [0.15, 0.2) is 17.2 Å². The van der Waals surface area contributed by atoms with Crippen LogP contribution in [0.5, 0.6) is 11.5 Å². The Hall–Kier alpha value is -2.53. The third-order valence-electron chi connectivity index (χ3n) is 3.68. The summed E-state index contributed by atoms with van der Waals surface area (Å²) in [5, 5.41) is 12.2. The Bertz CT molecular complexity index is 952. The van der Waals surface area contributed by atoms with Gasteiger partial charge in [-0.2, -0.15) is 17.4 Å². The van der Waals surface area contributed by atoms with E-state index in [-0.39, 0.29) is 6.07 Å². The maximum Gasteiger partial charge on any atom is 0.416 e. The first-order valence-corrected chi connectivity index (χ1v) is 9.14. The molecule has 0 saturated heterocycles. The van der Waals surface area contributed by atoms with Gasteiger partial charge in [-0.15, -0.1) is 14.3 Å². The zero-order chi connectivity index (χ0) is 19.9. The van der Waals surface area contributed by atoms with Crippen LogP contribution in [-0.2, 0) is 15.5 Å². The van der Waals surface area contributed by atoms with Crippen LogP contribution in [0.3, 0.4) is 0 Å². The summed E-state index contributed by atoms with van der Waals surface area (Å²) >= 11 is 0. The van der Waals surface area contributed by atoms with Crippen molar-refractivity contribution in [2.75, 3.05) is 13.4 Å². The molecule has 0 unspecified atom stereocenters. The molecule has 142 valence electrons. The molecule has 0 aliphatic heterocycles. The summed E-state index contributed by atoms with van der Waals surface area (Å²) in [6, 6.07) is 2.56. The summed E-state index contributed by atoms with van der Waals surface area (Å²) in [4.78, 5) is 9.04. The van der Waals surface area contributed by atoms with Crippen LogP contribution in [0.15, 0.2) is 45.3 Å². The molecule has 0 spiro atoms. The summed E-state index contributed by atoms with van der Waals surface area (Å²) in [6.07, 6.45) is -4.25. The Morgan fingerprint density at radius 1 is 1.19 bits per heavy atom. The van der Waals surface area contributed by atoms with Gasteiger partial charge < -0.3 is 9.84 Å². The first kappa shape index (κ1) is 19.8. The number of ether oxygens (including phenoxy) is 1. The van der Waals surface area contributed by atoms with Crippen LogP contribution in [0, 0.1) is 10.7 Å². The summed E-state index contributed by atoms with van der Waals surface area (Å²) in [6.45, 7) is 0. The molecule has 11 heteroatoms. The molecule has 0 heterocycles. The van der Waals surface area contributed by atoms with Gasteiger partial charge in [0.25, 0.3) is 0 Å². The fraction of sp³-hybridized carbons (Fsp3) is 0.200. The molecule has 6 nitrogen and oxygen atoms in total. The van der Waals surface area contributed by atoms with Gasteiger partial charge >= 0.3 is 6.18 Å². The maximum absolute atomic E-state index is 14.2. The SMILES string of the molecule is COc1cc(S(C)(=O)(O)c2cc(C(F)(F)F)ccc2F)cc(N=O)c1O. The van der Waals surface area contributed by atoms with Crippen molar-refractivity contribution in [3.8, 4) is 11.5 Å². The fourth-order valence-electron chi connectivity index (χ4n) is 2.25. The molecule has 2 rings (SSSR count). The Morgan fingerprint density at radius 3 is 2.31 bits per heavy atom. The van der Waals surface area contributed by atoms with Crippen molar-refractivity contribution in [1.29, 1.82) is 0 Å². The van der Waals surface area contributed by atoms with Crippen molar-refractivity contribution >= 4 is 15.0 Å². The molecule has 26 heavy (non-hydrogen) atoms. The molecule has 0 aliphatic carbocycles. The molecule has 0 saturated carbocycles. The molecule has 2 N–H and O–H groups in total. The second kappa shape index (κ2) is 6.02. The number of rotatable bonds is 4. The van der Waals surface area contributed by atoms with Crippen molar-refractivity contribution < 1.29 is 36.2 Å². The average Bonchev–Trinajstić information content (AvgIpc) is 2.53. The predicted octanol–water partition coefficient (Wildman–Crippen LogP) is 4.30. The van der Waals surface area contributed by atoms with Crippen molar-refractivity contribution in [3.63, 3.8) is 0 Å². The lowest BCUT2D eigenvalue weighted by atomic mass is 10.2. The minimum absolute atomic E-state index is 0.220. The van der Waals surface area contributed by atoms with Crippen LogP contribution >= 0.6 is 0 Å². The molecule has 0 bridgehead atoms. The van der Waals surface area contributed by atoms with Crippen molar-refractivity contribution in [2.24, 2.45) is 5.18 Å². The van der Waals surface area contributed by atoms with Gasteiger partial charge in [-0.3, -0.25) is 4.55 Å². The molecule has 2 aromatic carbocycles. The second-order valence-corrected chi connectivity index (χ2v) is 8.99. The van der Waals surface area contributed by atoms with E-state index in [0.29, 0.717) is 24.5 Å². The number of phenols is 1. The highest BCUT2D eigenvalue weighted by Gasteiger charge is 2.37. The predicted molar refractivity (Wildman–Crippen MR) is 84.7 cm³/mol. The third kappa shape index (κ3) is 3.27. The number of aromatic hydroxyl groups is 1. The lowest BCUT2D eigenvalue weighted by Crippen LogP contribution is -2.32. The lowest BCUT2D eigenvalue weighted by Gasteiger charge is -2.39. The lowest BCUT2D eigenvalue weighted by molar-refractivity contribution is -0.137. The van der Waals surface area contributed by atoms with Gasteiger partial charge in [-0.05, 0) is 29.4 Å². The summed E-state index contributed by atoms with van der Waals surface area (Å²) in [5.41, 5.74) is -2.02. The van der Waals surface area contributed by atoms with E-state index in [0.717, 1.165) is 13.2 Å². The zero-order valence-electron chi connectivity index (χ0n) is 13.4. The number of methoxy groups -OCH3 is 1. The molecule has 0 fully saturated rings. The van der Waals surface area contributed by atoms with E-state index in [1.165, 1.54) is 0 Å². The molecule has 0 aliphatic rings. The first-order chi connectivity index (χ1) is 11.8. The number of halogens is 4. The number of alkyl halides is 3. The van der Waals surface area contributed by atoms with Crippen LogP contribution in [0.4, 0.5) is 23.2 Å². The molecule has 0 atom stereocenters. The number of hydrogen-bond acceptors (Lipinski definition) is 5. The minimum Gasteiger partial charge on any atom is -0.503 e. The normalized spacial score (nSPS) is 13.7. The van der Waals surface area contributed by atoms with Gasteiger partial charge in [-0.1, -0.05) is 0 Å². The smallest absolute Gasteiger partial charge is 0.416 e. The summed E-state index contributed by atoms with van der Waals surface area (Å²) in [5.74, 6) is -2.52. The van der Waals surface area contributed by atoms with E-state index in [4.69, 9.17) is 4.74 Å². The fourth-order valence-corrected chi connectivity index (χ4v) is 4.21. The first-order valence-electron chi connectivity index (χ1n) is 6.81. The Labute approximate surface area is 144 Å². The van der Waals surface area contributed by atoms with E-state index in [2.05, 4.69) is 5.18 Å². The van der Waals surface area contributed by atoms with Crippen molar-refractivity contribution in [1.82, 2.24) is 0 Å². The number of phenolic OH excluding ortho intramolecular Hbond substituents is 1. The Balaban J connectivity index is 2.84. The number of nitrogens with zero attached hydrogens (tertiary/aromatic N) is 1. The minimum atomic E-state index is -5.44. The molecular weight excluding hydrogens is 382 g/mol.